The molecule has 0 unspecified atom stereocenters. The molecule has 0 saturated heterocycles. The van der Waals surface area contributed by atoms with Gasteiger partial charge in [-0.2, -0.15) is 10.2 Å². The highest BCUT2D eigenvalue weighted by molar-refractivity contribution is 5.85. The Morgan fingerprint density at radius 3 is 1.62 bits per heavy atom. The lowest BCUT2D eigenvalue weighted by molar-refractivity contribution is -0.384. The third-order valence-electron chi connectivity index (χ3n) is 2.23. The molecule has 9 heteroatoms. The number of non-ortho nitro benzene ring substituents is 1. The summed E-state index contributed by atoms with van der Waals surface area (Å²) < 4.78 is 0. The molecule has 2 aromatic rings. The molecule has 0 atom stereocenters. The topological polar surface area (TPSA) is 125 Å². The SMILES string of the molecule is Cl.Cl.Nc1ccc(N=Nc2ccc([N+](=O)[O-])cc2)cc1.O. The second-order valence-corrected chi connectivity index (χ2v) is 3.57. The highest BCUT2D eigenvalue weighted by Gasteiger charge is 2.02. The normalized spacial score (nSPS) is 9.14. The smallest absolute Gasteiger partial charge is 0.269 e. The van der Waals surface area contributed by atoms with E-state index in [1.165, 1.54) is 12.1 Å². The molecule has 0 bridgehead atoms. The maximum atomic E-state index is 10.5. The first-order valence-electron chi connectivity index (χ1n) is 5.17. The molecule has 2 aromatic carbocycles. The Hall–Kier alpha value is -2.22. The summed E-state index contributed by atoms with van der Waals surface area (Å²) in [5.41, 5.74) is 7.45. The predicted octanol–water partition coefficient (Wildman–Crippen LogP) is 3.61. The minimum atomic E-state index is -0.457. The minimum absolute atomic E-state index is 0. The fraction of sp³-hybridized carbons (Fsp3) is 0. The highest BCUT2D eigenvalue weighted by Crippen LogP contribution is 2.21. The third-order valence-corrected chi connectivity index (χ3v) is 2.23. The number of nitrogen functional groups attached to an aromatic ring is 1. The van der Waals surface area contributed by atoms with Crippen LogP contribution < -0.4 is 5.73 Å². The number of benzene rings is 2. The van der Waals surface area contributed by atoms with Gasteiger partial charge in [0, 0.05) is 17.8 Å². The Morgan fingerprint density at radius 1 is 0.857 bits per heavy atom. The lowest BCUT2D eigenvalue weighted by Crippen LogP contribution is -1.85. The number of nitro benzene ring substituents is 1. The Labute approximate surface area is 133 Å². The summed E-state index contributed by atoms with van der Waals surface area (Å²) in [4.78, 5) is 10.0. The summed E-state index contributed by atoms with van der Waals surface area (Å²) >= 11 is 0. The molecule has 0 aromatic heterocycles. The van der Waals surface area contributed by atoms with E-state index in [0.29, 0.717) is 17.1 Å². The molecule has 114 valence electrons. The molecular weight excluding hydrogens is 319 g/mol. The number of azo groups is 1. The Morgan fingerprint density at radius 2 is 1.24 bits per heavy atom. The maximum Gasteiger partial charge on any atom is 0.269 e. The molecule has 2 rings (SSSR count). The van der Waals surface area contributed by atoms with E-state index in [-0.39, 0.29) is 36.0 Å². The van der Waals surface area contributed by atoms with Crippen LogP contribution in [-0.2, 0) is 0 Å². The average molecular weight is 333 g/mol. The molecule has 0 heterocycles. The van der Waals surface area contributed by atoms with Crippen molar-refractivity contribution in [2.24, 2.45) is 10.2 Å². The van der Waals surface area contributed by atoms with Crippen LogP contribution in [0.4, 0.5) is 22.7 Å². The lowest BCUT2D eigenvalue weighted by Gasteiger charge is -1.94. The van der Waals surface area contributed by atoms with E-state index in [9.17, 15) is 10.1 Å². The summed E-state index contributed by atoms with van der Waals surface area (Å²) in [5, 5.41) is 18.4. The van der Waals surface area contributed by atoms with Gasteiger partial charge in [-0.3, -0.25) is 10.1 Å². The summed E-state index contributed by atoms with van der Waals surface area (Å²) in [6, 6.07) is 12.8. The number of anilines is 1. The zero-order valence-corrected chi connectivity index (χ0v) is 12.3. The van der Waals surface area contributed by atoms with Crippen molar-refractivity contribution in [3.63, 3.8) is 0 Å². The molecule has 0 saturated carbocycles. The third kappa shape index (κ3) is 6.17. The van der Waals surface area contributed by atoms with Gasteiger partial charge >= 0.3 is 0 Å². The van der Waals surface area contributed by atoms with E-state index in [1.54, 1.807) is 36.4 Å². The molecule has 0 aliphatic rings. The van der Waals surface area contributed by atoms with Crippen molar-refractivity contribution < 1.29 is 10.4 Å². The highest BCUT2D eigenvalue weighted by atomic mass is 35.5. The van der Waals surface area contributed by atoms with Crippen molar-refractivity contribution in [2.75, 3.05) is 5.73 Å². The molecule has 0 amide bonds. The Bertz CT molecular complexity index is 588. The first kappa shape index (κ1) is 21.1. The van der Waals surface area contributed by atoms with Gasteiger partial charge < -0.3 is 11.2 Å². The van der Waals surface area contributed by atoms with Gasteiger partial charge in [0.15, 0.2) is 0 Å². The predicted molar refractivity (Wildman–Crippen MR) is 86.2 cm³/mol. The van der Waals surface area contributed by atoms with Crippen LogP contribution in [0.15, 0.2) is 58.8 Å². The van der Waals surface area contributed by atoms with Crippen molar-refractivity contribution in [1.82, 2.24) is 0 Å². The van der Waals surface area contributed by atoms with Crippen molar-refractivity contribution >= 4 is 47.6 Å². The molecule has 0 fully saturated rings. The maximum absolute atomic E-state index is 10.5. The molecule has 0 spiro atoms. The second-order valence-electron chi connectivity index (χ2n) is 3.57. The molecule has 21 heavy (non-hydrogen) atoms. The summed E-state index contributed by atoms with van der Waals surface area (Å²) in [5.74, 6) is 0. The van der Waals surface area contributed by atoms with E-state index in [4.69, 9.17) is 5.73 Å². The standard InChI is InChI=1S/C12H10N4O2.2ClH.H2O/c13-9-1-3-10(4-2-9)14-15-11-5-7-12(8-6-11)16(17)18;;;/h1-8H,13H2;2*1H;1H2. The number of nitrogens with two attached hydrogens (primary N) is 1. The van der Waals surface area contributed by atoms with E-state index >= 15 is 0 Å². The Kier molecular flexibility index (Phi) is 9.69. The zero-order chi connectivity index (χ0) is 13.0. The van der Waals surface area contributed by atoms with Crippen molar-refractivity contribution in [3.8, 4) is 0 Å². The number of halogens is 2. The van der Waals surface area contributed by atoms with Crippen LogP contribution in [0.1, 0.15) is 0 Å². The number of nitrogens with zero attached hydrogens (tertiary/aromatic N) is 3. The van der Waals surface area contributed by atoms with E-state index in [1.807, 2.05) is 0 Å². The van der Waals surface area contributed by atoms with Crippen LogP contribution >= 0.6 is 24.8 Å². The summed E-state index contributed by atoms with van der Waals surface area (Å²) in [7, 11) is 0. The van der Waals surface area contributed by atoms with Gasteiger partial charge in [-0.05, 0) is 36.4 Å². The van der Waals surface area contributed by atoms with Gasteiger partial charge in [0.05, 0.1) is 16.3 Å². The van der Waals surface area contributed by atoms with Crippen molar-refractivity contribution in [2.45, 2.75) is 0 Å². The van der Waals surface area contributed by atoms with Crippen molar-refractivity contribution in [3.05, 3.63) is 58.6 Å². The van der Waals surface area contributed by atoms with Crippen LogP contribution in [0, 0.1) is 10.1 Å². The molecule has 7 nitrogen and oxygen atoms in total. The average Bonchev–Trinajstić information content (AvgIpc) is 2.38. The van der Waals surface area contributed by atoms with Crippen LogP contribution in [0.5, 0.6) is 0 Å². The van der Waals surface area contributed by atoms with Crippen LogP contribution in [0.2, 0.25) is 0 Å². The van der Waals surface area contributed by atoms with E-state index < -0.39 is 4.92 Å². The fourth-order valence-corrected chi connectivity index (χ4v) is 1.30. The van der Waals surface area contributed by atoms with Gasteiger partial charge in [-0.1, -0.05) is 0 Å². The number of hydrogen-bond donors (Lipinski definition) is 1. The van der Waals surface area contributed by atoms with Crippen LogP contribution in [0.25, 0.3) is 0 Å². The number of hydrogen-bond acceptors (Lipinski definition) is 5. The zero-order valence-electron chi connectivity index (χ0n) is 10.7. The van der Waals surface area contributed by atoms with Gasteiger partial charge in [0.1, 0.15) is 0 Å². The van der Waals surface area contributed by atoms with Gasteiger partial charge in [0.2, 0.25) is 0 Å². The van der Waals surface area contributed by atoms with Crippen molar-refractivity contribution in [1.29, 1.82) is 0 Å². The van der Waals surface area contributed by atoms with Crippen LogP contribution in [-0.4, -0.2) is 10.4 Å². The molecule has 0 radical (unpaired) electrons. The summed E-state index contributed by atoms with van der Waals surface area (Å²) in [6.07, 6.45) is 0. The fourth-order valence-electron chi connectivity index (χ4n) is 1.30. The first-order valence-corrected chi connectivity index (χ1v) is 5.17. The van der Waals surface area contributed by atoms with E-state index in [0.717, 1.165) is 0 Å². The van der Waals surface area contributed by atoms with E-state index in [2.05, 4.69) is 10.2 Å². The minimum Gasteiger partial charge on any atom is -0.412 e. The second kappa shape index (κ2) is 9.65. The lowest BCUT2D eigenvalue weighted by atomic mass is 10.3. The first-order chi connectivity index (χ1) is 8.65. The summed E-state index contributed by atoms with van der Waals surface area (Å²) in [6.45, 7) is 0. The quantitative estimate of drug-likeness (QED) is 0.399. The molecule has 4 N–H and O–H groups in total. The van der Waals surface area contributed by atoms with Gasteiger partial charge in [-0.15, -0.1) is 24.8 Å². The molecule has 0 aliphatic carbocycles. The number of nitro groups is 1. The number of rotatable bonds is 3. The van der Waals surface area contributed by atoms with Crippen LogP contribution in [0.3, 0.4) is 0 Å². The van der Waals surface area contributed by atoms with Gasteiger partial charge in [-0.25, -0.2) is 0 Å². The molecule has 0 aliphatic heterocycles. The largest absolute Gasteiger partial charge is 0.412 e. The van der Waals surface area contributed by atoms with Gasteiger partial charge in [0.25, 0.3) is 5.69 Å². The Balaban J connectivity index is 0. The molecular formula is C12H14Cl2N4O3. The monoisotopic (exact) mass is 332 g/mol.